The second-order valence-electron chi connectivity index (χ2n) is 3.31. The molecule has 0 fully saturated rings. The summed E-state index contributed by atoms with van der Waals surface area (Å²) in [6, 6.07) is 12.8. The predicted molar refractivity (Wildman–Crippen MR) is 69.6 cm³/mol. The van der Waals surface area contributed by atoms with Crippen LogP contribution in [0.15, 0.2) is 36.4 Å². The van der Waals surface area contributed by atoms with Gasteiger partial charge in [-0.2, -0.15) is 0 Å². The third-order valence-electron chi connectivity index (χ3n) is 2.21. The fourth-order valence-electron chi connectivity index (χ4n) is 1.39. The highest BCUT2D eigenvalue weighted by atomic mass is 35.5. The molecule has 1 aromatic heterocycles. The molecule has 0 radical (unpaired) electrons. The maximum absolute atomic E-state index is 5.55. The Balaban J connectivity index is 0.00000112. The lowest BCUT2D eigenvalue weighted by atomic mass is 10.1. The SMILES string of the molecule is Cc1ccc(-c2ccc(CN)cc2)s1.Cl. The molecule has 1 aromatic carbocycles. The number of aryl methyl sites for hydroxylation is 1. The summed E-state index contributed by atoms with van der Waals surface area (Å²) in [7, 11) is 0. The molecule has 3 heteroatoms. The van der Waals surface area contributed by atoms with E-state index in [0.717, 1.165) is 0 Å². The average molecular weight is 240 g/mol. The Morgan fingerprint density at radius 3 is 2.20 bits per heavy atom. The quantitative estimate of drug-likeness (QED) is 0.852. The molecule has 0 spiro atoms. The van der Waals surface area contributed by atoms with E-state index in [-0.39, 0.29) is 12.4 Å². The van der Waals surface area contributed by atoms with Crippen molar-refractivity contribution in [2.75, 3.05) is 0 Å². The lowest BCUT2D eigenvalue weighted by Gasteiger charge is -1.99. The van der Waals surface area contributed by atoms with Crippen LogP contribution < -0.4 is 5.73 Å². The van der Waals surface area contributed by atoms with Gasteiger partial charge in [0, 0.05) is 16.3 Å². The van der Waals surface area contributed by atoms with Gasteiger partial charge in [0.15, 0.2) is 0 Å². The molecular weight excluding hydrogens is 226 g/mol. The van der Waals surface area contributed by atoms with Gasteiger partial charge in [0.25, 0.3) is 0 Å². The first-order valence-corrected chi connectivity index (χ1v) is 5.47. The molecule has 1 heterocycles. The molecule has 0 aliphatic rings. The molecule has 0 saturated heterocycles. The van der Waals surface area contributed by atoms with E-state index in [4.69, 9.17) is 5.73 Å². The highest BCUT2D eigenvalue weighted by molar-refractivity contribution is 7.15. The topological polar surface area (TPSA) is 26.0 Å². The van der Waals surface area contributed by atoms with Gasteiger partial charge in [-0.25, -0.2) is 0 Å². The van der Waals surface area contributed by atoms with Crippen molar-refractivity contribution < 1.29 is 0 Å². The van der Waals surface area contributed by atoms with Crippen molar-refractivity contribution in [3.05, 3.63) is 46.8 Å². The summed E-state index contributed by atoms with van der Waals surface area (Å²) in [5, 5.41) is 0. The lowest BCUT2D eigenvalue weighted by molar-refractivity contribution is 1.07. The number of hydrogen-bond acceptors (Lipinski definition) is 2. The average Bonchev–Trinajstić information content (AvgIpc) is 2.65. The molecule has 1 nitrogen and oxygen atoms in total. The second kappa shape index (κ2) is 5.31. The Labute approximate surface area is 100 Å². The monoisotopic (exact) mass is 239 g/mol. The predicted octanol–water partition coefficient (Wildman–Crippen LogP) is 3.60. The van der Waals surface area contributed by atoms with Crippen LogP contribution in [0.25, 0.3) is 10.4 Å². The first kappa shape index (κ1) is 12.2. The van der Waals surface area contributed by atoms with Crippen LogP contribution in [0.3, 0.4) is 0 Å². The van der Waals surface area contributed by atoms with Crippen molar-refractivity contribution in [1.82, 2.24) is 0 Å². The molecule has 0 unspecified atom stereocenters. The Hall–Kier alpha value is -0.830. The first-order chi connectivity index (χ1) is 6.79. The Kier molecular flexibility index (Phi) is 4.33. The van der Waals surface area contributed by atoms with Gasteiger partial charge >= 0.3 is 0 Å². The highest BCUT2D eigenvalue weighted by Gasteiger charge is 1.99. The third-order valence-corrected chi connectivity index (χ3v) is 3.26. The van der Waals surface area contributed by atoms with Crippen LogP contribution in [0.2, 0.25) is 0 Å². The van der Waals surface area contributed by atoms with Gasteiger partial charge in [0.2, 0.25) is 0 Å². The molecule has 0 saturated carbocycles. The zero-order valence-electron chi connectivity index (χ0n) is 8.57. The van der Waals surface area contributed by atoms with E-state index >= 15 is 0 Å². The molecule has 2 aromatic rings. The molecule has 2 N–H and O–H groups in total. The van der Waals surface area contributed by atoms with Gasteiger partial charge in [0.1, 0.15) is 0 Å². The third kappa shape index (κ3) is 2.81. The minimum absolute atomic E-state index is 0. The van der Waals surface area contributed by atoms with Crippen LogP contribution >= 0.6 is 23.7 Å². The highest BCUT2D eigenvalue weighted by Crippen LogP contribution is 2.27. The zero-order chi connectivity index (χ0) is 9.97. The summed E-state index contributed by atoms with van der Waals surface area (Å²) in [5.41, 5.74) is 8.01. The van der Waals surface area contributed by atoms with Crippen LogP contribution in [0, 0.1) is 6.92 Å². The van der Waals surface area contributed by atoms with Crippen molar-refractivity contribution >= 4 is 23.7 Å². The molecule has 0 bridgehead atoms. The standard InChI is InChI=1S/C12H13NS.ClH/c1-9-2-7-12(14-9)11-5-3-10(8-13)4-6-11;/h2-7H,8,13H2,1H3;1H. The summed E-state index contributed by atoms with van der Waals surface area (Å²) in [6.45, 7) is 2.74. The molecule has 0 amide bonds. The molecule has 0 aliphatic heterocycles. The van der Waals surface area contributed by atoms with E-state index in [0.29, 0.717) is 6.54 Å². The maximum atomic E-state index is 5.55. The first-order valence-electron chi connectivity index (χ1n) is 4.65. The number of rotatable bonds is 2. The molecule has 0 atom stereocenters. The van der Waals surface area contributed by atoms with Gasteiger partial charge in [-0.05, 0) is 30.2 Å². The number of hydrogen-bond donors (Lipinski definition) is 1. The lowest BCUT2D eigenvalue weighted by Crippen LogP contribution is -1.94. The number of thiophene rings is 1. The van der Waals surface area contributed by atoms with Crippen LogP contribution in [-0.4, -0.2) is 0 Å². The number of benzene rings is 1. The van der Waals surface area contributed by atoms with Gasteiger partial charge in [-0.1, -0.05) is 24.3 Å². The van der Waals surface area contributed by atoms with E-state index in [9.17, 15) is 0 Å². The number of halogens is 1. The minimum Gasteiger partial charge on any atom is -0.326 e. The van der Waals surface area contributed by atoms with E-state index in [2.05, 4.69) is 43.3 Å². The molecule has 80 valence electrons. The van der Waals surface area contributed by atoms with Crippen molar-refractivity contribution in [3.8, 4) is 10.4 Å². The fraction of sp³-hybridized carbons (Fsp3) is 0.167. The summed E-state index contributed by atoms with van der Waals surface area (Å²) >= 11 is 1.82. The zero-order valence-corrected chi connectivity index (χ0v) is 10.2. The molecule has 2 rings (SSSR count). The van der Waals surface area contributed by atoms with Crippen LogP contribution in [0.5, 0.6) is 0 Å². The van der Waals surface area contributed by atoms with E-state index in [1.54, 1.807) is 0 Å². The Bertz CT molecular complexity index is 419. The number of nitrogens with two attached hydrogens (primary N) is 1. The van der Waals surface area contributed by atoms with Crippen LogP contribution in [-0.2, 0) is 6.54 Å². The smallest absolute Gasteiger partial charge is 0.0345 e. The molecule has 15 heavy (non-hydrogen) atoms. The second-order valence-corrected chi connectivity index (χ2v) is 4.60. The van der Waals surface area contributed by atoms with Crippen molar-refractivity contribution in [1.29, 1.82) is 0 Å². The van der Waals surface area contributed by atoms with Gasteiger partial charge in [-0.3, -0.25) is 0 Å². The molecular formula is C12H14ClNS. The van der Waals surface area contributed by atoms with Gasteiger partial charge < -0.3 is 5.73 Å². The van der Waals surface area contributed by atoms with Gasteiger partial charge in [-0.15, -0.1) is 23.7 Å². The van der Waals surface area contributed by atoms with E-state index < -0.39 is 0 Å². The summed E-state index contributed by atoms with van der Waals surface area (Å²) in [4.78, 5) is 2.67. The summed E-state index contributed by atoms with van der Waals surface area (Å²) < 4.78 is 0. The van der Waals surface area contributed by atoms with E-state index in [1.165, 1.54) is 20.9 Å². The Morgan fingerprint density at radius 1 is 1.07 bits per heavy atom. The fourth-order valence-corrected chi connectivity index (χ4v) is 2.27. The van der Waals surface area contributed by atoms with Crippen LogP contribution in [0.4, 0.5) is 0 Å². The van der Waals surface area contributed by atoms with Gasteiger partial charge in [0.05, 0.1) is 0 Å². The Morgan fingerprint density at radius 2 is 1.73 bits per heavy atom. The normalized spacial score (nSPS) is 9.73. The summed E-state index contributed by atoms with van der Waals surface area (Å²) in [6.07, 6.45) is 0. The summed E-state index contributed by atoms with van der Waals surface area (Å²) in [5.74, 6) is 0. The van der Waals surface area contributed by atoms with Crippen molar-refractivity contribution in [2.24, 2.45) is 5.73 Å². The van der Waals surface area contributed by atoms with Crippen LogP contribution in [0.1, 0.15) is 10.4 Å². The van der Waals surface area contributed by atoms with E-state index in [1.807, 2.05) is 11.3 Å². The molecule has 0 aliphatic carbocycles. The maximum Gasteiger partial charge on any atom is 0.0345 e. The largest absolute Gasteiger partial charge is 0.326 e. The van der Waals surface area contributed by atoms with Crippen molar-refractivity contribution in [2.45, 2.75) is 13.5 Å². The minimum atomic E-state index is 0. The van der Waals surface area contributed by atoms with Crippen molar-refractivity contribution in [3.63, 3.8) is 0 Å².